The standard InChI is InChI=1S/C12H8N2O3/c15-14(16)12-7-6-11(17-12)10-5-4-9-3-1-2-8-13(9)10/h1-8H. The molecule has 0 N–H and O–H groups in total. The van der Waals surface area contributed by atoms with Crippen LogP contribution in [-0.4, -0.2) is 9.32 Å². The van der Waals surface area contributed by atoms with Crippen molar-refractivity contribution in [1.82, 2.24) is 4.40 Å². The van der Waals surface area contributed by atoms with Gasteiger partial charge in [-0.15, -0.1) is 0 Å². The summed E-state index contributed by atoms with van der Waals surface area (Å²) < 4.78 is 7.10. The molecule has 0 aliphatic heterocycles. The second-order valence-corrected chi connectivity index (χ2v) is 3.61. The van der Waals surface area contributed by atoms with E-state index < -0.39 is 4.92 Å². The zero-order valence-corrected chi connectivity index (χ0v) is 8.74. The lowest BCUT2D eigenvalue weighted by atomic mass is 10.3. The molecule has 0 unspecified atom stereocenters. The first-order valence-electron chi connectivity index (χ1n) is 5.06. The van der Waals surface area contributed by atoms with Crippen molar-refractivity contribution in [2.75, 3.05) is 0 Å². The van der Waals surface area contributed by atoms with Crippen LogP contribution in [0, 0.1) is 10.1 Å². The molecule has 0 aliphatic rings. The summed E-state index contributed by atoms with van der Waals surface area (Å²) in [5, 5.41) is 10.6. The van der Waals surface area contributed by atoms with Crippen LogP contribution in [0.2, 0.25) is 0 Å². The van der Waals surface area contributed by atoms with E-state index in [9.17, 15) is 10.1 Å². The molecular weight excluding hydrogens is 220 g/mol. The maximum Gasteiger partial charge on any atom is 0.433 e. The van der Waals surface area contributed by atoms with Crippen LogP contribution in [0.15, 0.2) is 53.1 Å². The summed E-state index contributed by atoms with van der Waals surface area (Å²) in [5.41, 5.74) is 1.82. The third-order valence-corrected chi connectivity index (χ3v) is 2.59. The molecule has 5 nitrogen and oxygen atoms in total. The molecule has 3 heterocycles. The monoisotopic (exact) mass is 228 g/mol. The molecule has 0 aliphatic carbocycles. The first-order chi connectivity index (χ1) is 8.25. The Bertz CT molecular complexity index is 696. The Kier molecular flexibility index (Phi) is 1.98. The van der Waals surface area contributed by atoms with E-state index in [1.54, 1.807) is 6.07 Å². The molecule has 0 atom stereocenters. The number of pyridine rings is 1. The van der Waals surface area contributed by atoms with Crippen LogP contribution in [0.3, 0.4) is 0 Å². The molecule has 3 aromatic heterocycles. The fraction of sp³-hybridized carbons (Fsp3) is 0. The summed E-state index contributed by atoms with van der Waals surface area (Å²) in [6, 6.07) is 12.6. The van der Waals surface area contributed by atoms with Crippen molar-refractivity contribution < 1.29 is 9.34 Å². The number of nitrogens with zero attached hydrogens (tertiary/aromatic N) is 2. The van der Waals surface area contributed by atoms with Crippen LogP contribution in [0.4, 0.5) is 5.88 Å². The molecule has 0 saturated carbocycles. The third-order valence-electron chi connectivity index (χ3n) is 2.59. The minimum Gasteiger partial charge on any atom is -0.399 e. The summed E-state index contributed by atoms with van der Waals surface area (Å²) in [6.07, 6.45) is 1.89. The van der Waals surface area contributed by atoms with E-state index in [4.69, 9.17) is 4.42 Å². The minimum atomic E-state index is -0.542. The van der Waals surface area contributed by atoms with Gasteiger partial charge in [-0.2, -0.15) is 0 Å². The lowest BCUT2D eigenvalue weighted by molar-refractivity contribution is -0.401. The number of hydrogen-bond donors (Lipinski definition) is 0. The average molecular weight is 228 g/mol. The van der Waals surface area contributed by atoms with Gasteiger partial charge in [0, 0.05) is 11.7 Å². The highest BCUT2D eigenvalue weighted by molar-refractivity contribution is 5.64. The molecule has 5 heteroatoms. The van der Waals surface area contributed by atoms with Crippen molar-refractivity contribution >= 4 is 11.4 Å². The molecule has 0 fully saturated rings. The van der Waals surface area contributed by atoms with Crippen LogP contribution < -0.4 is 0 Å². The molecule has 0 spiro atoms. The van der Waals surface area contributed by atoms with Gasteiger partial charge in [0.25, 0.3) is 0 Å². The molecule has 0 amide bonds. The van der Waals surface area contributed by atoms with E-state index in [0.717, 1.165) is 11.2 Å². The van der Waals surface area contributed by atoms with Crippen molar-refractivity contribution in [2.45, 2.75) is 0 Å². The zero-order valence-electron chi connectivity index (χ0n) is 8.74. The van der Waals surface area contributed by atoms with Gasteiger partial charge in [0.2, 0.25) is 0 Å². The van der Waals surface area contributed by atoms with Gasteiger partial charge in [-0.1, -0.05) is 6.07 Å². The van der Waals surface area contributed by atoms with Gasteiger partial charge in [0.05, 0.1) is 11.8 Å². The molecule has 0 saturated heterocycles. The molecule has 3 aromatic rings. The summed E-state index contributed by atoms with van der Waals surface area (Å²) >= 11 is 0. The Balaban J connectivity index is 2.17. The maximum absolute atomic E-state index is 10.6. The van der Waals surface area contributed by atoms with E-state index >= 15 is 0 Å². The number of nitro groups is 1. The highest BCUT2D eigenvalue weighted by Gasteiger charge is 2.14. The number of aromatic nitrogens is 1. The summed E-state index contributed by atoms with van der Waals surface area (Å²) in [7, 11) is 0. The van der Waals surface area contributed by atoms with Crippen LogP contribution in [0.1, 0.15) is 0 Å². The van der Waals surface area contributed by atoms with E-state index in [2.05, 4.69) is 0 Å². The van der Waals surface area contributed by atoms with Crippen molar-refractivity contribution in [3.05, 3.63) is 58.8 Å². The topological polar surface area (TPSA) is 60.7 Å². The Morgan fingerprint density at radius 3 is 2.76 bits per heavy atom. The van der Waals surface area contributed by atoms with Gasteiger partial charge in [0.1, 0.15) is 4.92 Å². The molecular formula is C12H8N2O3. The number of hydrogen-bond acceptors (Lipinski definition) is 3. The van der Waals surface area contributed by atoms with Gasteiger partial charge in [-0.25, -0.2) is 0 Å². The third kappa shape index (κ3) is 1.48. The molecule has 17 heavy (non-hydrogen) atoms. The predicted octanol–water partition coefficient (Wildman–Crippen LogP) is 3.11. The molecule has 0 aromatic carbocycles. The fourth-order valence-electron chi connectivity index (χ4n) is 1.82. The second-order valence-electron chi connectivity index (χ2n) is 3.61. The summed E-state index contributed by atoms with van der Waals surface area (Å²) in [4.78, 5) is 10.0. The Morgan fingerprint density at radius 1 is 1.12 bits per heavy atom. The number of rotatable bonds is 2. The van der Waals surface area contributed by atoms with E-state index in [-0.39, 0.29) is 5.88 Å². The fourth-order valence-corrected chi connectivity index (χ4v) is 1.82. The minimum absolute atomic E-state index is 0.245. The Labute approximate surface area is 96.1 Å². The first-order valence-corrected chi connectivity index (χ1v) is 5.06. The Morgan fingerprint density at radius 2 is 2.00 bits per heavy atom. The van der Waals surface area contributed by atoms with Crippen molar-refractivity contribution in [2.24, 2.45) is 0 Å². The lowest BCUT2D eigenvalue weighted by Crippen LogP contribution is -1.85. The smallest absolute Gasteiger partial charge is 0.399 e. The normalized spacial score (nSPS) is 10.8. The molecule has 84 valence electrons. The molecule has 3 rings (SSSR count). The number of furan rings is 1. The first kappa shape index (κ1) is 9.65. The number of fused-ring (bicyclic) bond motifs is 1. The quantitative estimate of drug-likeness (QED) is 0.500. The zero-order chi connectivity index (χ0) is 11.8. The van der Waals surface area contributed by atoms with E-state index in [1.165, 1.54) is 6.07 Å². The lowest BCUT2D eigenvalue weighted by Gasteiger charge is -1.98. The van der Waals surface area contributed by atoms with Crippen molar-refractivity contribution in [3.63, 3.8) is 0 Å². The van der Waals surface area contributed by atoms with Gasteiger partial charge >= 0.3 is 5.88 Å². The maximum atomic E-state index is 10.6. The largest absolute Gasteiger partial charge is 0.433 e. The van der Waals surface area contributed by atoms with Gasteiger partial charge in [-0.3, -0.25) is 10.1 Å². The van der Waals surface area contributed by atoms with Gasteiger partial charge in [-0.05, 0) is 30.3 Å². The molecule has 0 bridgehead atoms. The molecule has 0 radical (unpaired) electrons. The highest BCUT2D eigenvalue weighted by atomic mass is 16.6. The van der Waals surface area contributed by atoms with Crippen molar-refractivity contribution in [1.29, 1.82) is 0 Å². The van der Waals surface area contributed by atoms with Gasteiger partial charge < -0.3 is 8.82 Å². The summed E-state index contributed by atoms with van der Waals surface area (Å²) in [5.74, 6) is 0.244. The SMILES string of the molecule is O=[N+]([O-])c1ccc(-c2ccc3ccccn23)o1. The van der Waals surface area contributed by atoms with E-state index in [0.29, 0.717) is 5.76 Å². The average Bonchev–Trinajstić information content (AvgIpc) is 2.95. The predicted molar refractivity (Wildman–Crippen MR) is 61.8 cm³/mol. The van der Waals surface area contributed by atoms with Crippen LogP contribution >= 0.6 is 0 Å². The van der Waals surface area contributed by atoms with Gasteiger partial charge in [0.15, 0.2) is 5.76 Å². The second kappa shape index (κ2) is 3.48. The summed E-state index contributed by atoms with van der Waals surface area (Å²) in [6.45, 7) is 0. The van der Waals surface area contributed by atoms with Crippen molar-refractivity contribution in [3.8, 4) is 11.5 Å². The highest BCUT2D eigenvalue weighted by Crippen LogP contribution is 2.27. The van der Waals surface area contributed by atoms with Crippen LogP contribution in [-0.2, 0) is 0 Å². The van der Waals surface area contributed by atoms with Crippen LogP contribution in [0.25, 0.3) is 17.0 Å². The van der Waals surface area contributed by atoms with Crippen LogP contribution in [0.5, 0.6) is 0 Å². The Hall–Kier alpha value is -2.56. The van der Waals surface area contributed by atoms with E-state index in [1.807, 2.05) is 40.9 Å².